The molecule has 0 heterocycles. The normalized spacial score (nSPS) is 13.0. The van der Waals surface area contributed by atoms with Gasteiger partial charge in [-0.1, -0.05) is 38.1 Å². The molecule has 2 rings (SSSR count). The minimum absolute atomic E-state index is 0.197. The molecule has 4 nitrogen and oxygen atoms in total. The lowest BCUT2D eigenvalue weighted by atomic mass is 9.99. The highest BCUT2D eigenvalue weighted by Crippen LogP contribution is 2.27. The van der Waals surface area contributed by atoms with Gasteiger partial charge in [-0.3, -0.25) is 4.79 Å². The van der Waals surface area contributed by atoms with Crippen LogP contribution in [0.4, 0.5) is 5.69 Å². The number of hydrogen-bond donors (Lipinski definition) is 1. The molecule has 0 radical (unpaired) electrons. The van der Waals surface area contributed by atoms with Gasteiger partial charge in [0.15, 0.2) is 17.6 Å². The van der Waals surface area contributed by atoms with E-state index >= 15 is 0 Å². The van der Waals surface area contributed by atoms with Crippen molar-refractivity contribution < 1.29 is 14.3 Å². The fourth-order valence-corrected chi connectivity index (χ4v) is 2.33. The van der Waals surface area contributed by atoms with Gasteiger partial charge in [-0.2, -0.15) is 0 Å². The van der Waals surface area contributed by atoms with Crippen LogP contribution in [0.3, 0.4) is 0 Å². The SMILES string of the molecule is CCC(C)c1ccc(NC(=O)C(C)Oc2ccccc2OC)cc1. The number of para-hydroxylation sites is 2. The Kier molecular flexibility index (Phi) is 6.24. The van der Waals surface area contributed by atoms with Crippen molar-refractivity contribution in [3.63, 3.8) is 0 Å². The molecule has 0 saturated heterocycles. The van der Waals surface area contributed by atoms with Crippen molar-refractivity contribution in [2.75, 3.05) is 12.4 Å². The van der Waals surface area contributed by atoms with E-state index in [0.29, 0.717) is 17.4 Å². The second-order valence-electron chi connectivity index (χ2n) is 5.83. The predicted octanol–water partition coefficient (Wildman–Crippen LogP) is 4.61. The second kappa shape index (κ2) is 8.39. The van der Waals surface area contributed by atoms with Gasteiger partial charge in [0.1, 0.15) is 0 Å². The summed E-state index contributed by atoms with van der Waals surface area (Å²) in [6, 6.07) is 15.2. The summed E-state index contributed by atoms with van der Waals surface area (Å²) in [5.41, 5.74) is 2.04. The number of nitrogens with one attached hydrogen (secondary N) is 1. The minimum Gasteiger partial charge on any atom is -0.493 e. The van der Waals surface area contributed by atoms with Crippen molar-refractivity contribution in [3.05, 3.63) is 54.1 Å². The van der Waals surface area contributed by atoms with Gasteiger partial charge in [0.25, 0.3) is 5.91 Å². The third kappa shape index (κ3) is 4.51. The number of benzene rings is 2. The van der Waals surface area contributed by atoms with E-state index in [4.69, 9.17) is 9.47 Å². The van der Waals surface area contributed by atoms with Gasteiger partial charge in [0, 0.05) is 5.69 Å². The van der Waals surface area contributed by atoms with Crippen LogP contribution in [0.2, 0.25) is 0 Å². The molecule has 0 aliphatic rings. The van der Waals surface area contributed by atoms with Gasteiger partial charge < -0.3 is 14.8 Å². The van der Waals surface area contributed by atoms with Crippen molar-refractivity contribution in [2.24, 2.45) is 0 Å². The van der Waals surface area contributed by atoms with Crippen LogP contribution in [0.5, 0.6) is 11.5 Å². The number of amides is 1. The highest BCUT2D eigenvalue weighted by molar-refractivity contribution is 5.94. The molecule has 2 unspecified atom stereocenters. The first-order valence-corrected chi connectivity index (χ1v) is 8.25. The molecular formula is C20H25NO3. The van der Waals surface area contributed by atoms with Gasteiger partial charge in [-0.15, -0.1) is 0 Å². The molecule has 0 aliphatic carbocycles. The molecule has 0 saturated carbocycles. The van der Waals surface area contributed by atoms with Gasteiger partial charge in [0.05, 0.1) is 7.11 Å². The molecular weight excluding hydrogens is 302 g/mol. The van der Waals surface area contributed by atoms with Crippen molar-refractivity contribution in [1.82, 2.24) is 0 Å². The topological polar surface area (TPSA) is 47.6 Å². The number of rotatable bonds is 7. The summed E-state index contributed by atoms with van der Waals surface area (Å²) in [7, 11) is 1.58. The maximum Gasteiger partial charge on any atom is 0.265 e. The van der Waals surface area contributed by atoms with Crippen molar-refractivity contribution in [3.8, 4) is 11.5 Å². The van der Waals surface area contributed by atoms with Crippen LogP contribution in [0, 0.1) is 0 Å². The zero-order chi connectivity index (χ0) is 17.5. The molecule has 1 amide bonds. The average molecular weight is 327 g/mol. The minimum atomic E-state index is -0.629. The van der Waals surface area contributed by atoms with Crippen LogP contribution in [0.15, 0.2) is 48.5 Å². The fraction of sp³-hybridized carbons (Fsp3) is 0.350. The highest BCUT2D eigenvalue weighted by atomic mass is 16.5. The summed E-state index contributed by atoms with van der Waals surface area (Å²) in [4.78, 5) is 12.3. The van der Waals surface area contributed by atoms with Gasteiger partial charge >= 0.3 is 0 Å². The molecule has 0 aromatic heterocycles. The maximum atomic E-state index is 12.3. The third-order valence-electron chi connectivity index (χ3n) is 4.10. The average Bonchev–Trinajstić information content (AvgIpc) is 2.62. The van der Waals surface area contributed by atoms with Crippen LogP contribution in [0.25, 0.3) is 0 Å². The van der Waals surface area contributed by atoms with Crippen LogP contribution in [0.1, 0.15) is 38.7 Å². The van der Waals surface area contributed by atoms with E-state index in [1.165, 1.54) is 5.56 Å². The summed E-state index contributed by atoms with van der Waals surface area (Å²) in [6.45, 7) is 6.07. The largest absolute Gasteiger partial charge is 0.493 e. The quantitative estimate of drug-likeness (QED) is 0.807. The first-order valence-electron chi connectivity index (χ1n) is 8.25. The summed E-state index contributed by atoms with van der Waals surface area (Å²) < 4.78 is 10.9. The van der Waals surface area contributed by atoms with Crippen molar-refractivity contribution in [1.29, 1.82) is 0 Å². The lowest BCUT2D eigenvalue weighted by Gasteiger charge is -2.17. The molecule has 2 aromatic carbocycles. The molecule has 4 heteroatoms. The highest BCUT2D eigenvalue weighted by Gasteiger charge is 2.17. The molecule has 24 heavy (non-hydrogen) atoms. The molecule has 0 aliphatic heterocycles. The van der Waals surface area contributed by atoms with E-state index in [2.05, 4.69) is 31.3 Å². The van der Waals surface area contributed by atoms with Crippen LogP contribution < -0.4 is 14.8 Å². The Hall–Kier alpha value is -2.49. The van der Waals surface area contributed by atoms with Crippen molar-refractivity contribution in [2.45, 2.75) is 39.2 Å². The van der Waals surface area contributed by atoms with Gasteiger partial charge in [-0.05, 0) is 49.1 Å². The zero-order valence-corrected chi connectivity index (χ0v) is 14.7. The van der Waals surface area contributed by atoms with Crippen LogP contribution in [-0.4, -0.2) is 19.1 Å². The van der Waals surface area contributed by atoms with Crippen molar-refractivity contribution >= 4 is 11.6 Å². The first kappa shape index (κ1) is 17.9. The van der Waals surface area contributed by atoms with Crippen LogP contribution >= 0.6 is 0 Å². The number of hydrogen-bond acceptors (Lipinski definition) is 3. The number of carbonyl (C=O) groups is 1. The van der Waals surface area contributed by atoms with Gasteiger partial charge in [-0.25, -0.2) is 0 Å². The van der Waals surface area contributed by atoms with Crippen LogP contribution in [-0.2, 0) is 4.79 Å². The van der Waals surface area contributed by atoms with Gasteiger partial charge in [0.2, 0.25) is 0 Å². The van der Waals surface area contributed by atoms with E-state index in [-0.39, 0.29) is 5.91 Å². The summed E-state index contributed by atoms with van der Waals surface area (Å²) in [6.07, 6.45) is 0.464. The Balaban J connectivity index is 1.98. The van der Waals surface area contributed by atoms with E-state index in [1.54, 1.807) is 26.2 Å². The molecule has 0 spiro atoms. The lowest BCUT2D eigenvalue weighted by molar-refractivity contribution is -0.122. The first-order chi connectivity index (χ1) is 11.5. The Morgan fingerprint density at radius 2 is 1.67 bits per heavy atom. The number of methoxy groups -OCH3 is 1. The number of carbonyl (C=O) groups excluding carboxylic acids is 1. The second-order valence-corrected chi connectivity index (χ2v) is 5.83. The van der Waals surface area contributed by atoms with E-state index in [1.807, 2.05) is 24.3 Å². The molecule has 1 N–H and O–H groups in total. The number of ether oxygens (including phenoxy) is 2. The molecule has 2 atom stereocenters. The Labute approximate surface area is 143 Å². The Morgan fingerprint density at radius 3 is 2.25 bits per heavy atom. The summed E-state index contributed by atoms with van der Waals surface area (Å²) in [5, 5.41) is 2.88. The molecule has 128 valence electrons. The Morgan fingerprint density at radius 1 is 1.04 bits per heavy atom. The van der Waals surface area contributed by atoms with E-state index in [9.17, 15) is 4.79 Å². The number of anilines is 1. The summed E-state index contributed by atoms with van der Waals surface area (Å²) in [5.74, 6) is 1.48. The molecule has 0 fully saturated rings. The molecule has 0 bridgehead atoms. The van der Waals surface area contributed by atoms with E-state index in [0.717, 1.165) is 12.1 Å². The monoisotopic (exact) mass is 327 g/mol. The standard InChI is InChI=1S/C20H25NO3/c1-5-14(2)16-10-12-17(13-11-16)21-20(22)15(3)24-19-9-7-6-8-18(19)23-4/h6-15H,5H2,1-4H3,(H,21,22). The van der Waals surface area contributed by atoms with E-state index < -0.39 is 6.10 Å². The third-order valence-corrected chi connectivity index (χ3v) is 4.10. The lowest BCUT2D eigenvalue weighted by Crippen LogP contribution is -2.30. The fourth-order valence-electron chi connectivity index (χ4n) is 2.33. The summed E-state index contributed by atoms with van der Waals surface area (Å²) >= 11 is 0. The zero-order valence-electron chi connectivity index (χ0n) is 14.7. The molecule has 2 aromatic rings. The Bertz CT molecular complexity index is 667. The smallest absolute Gasteiger partial charge is 0.265 e. The predicted molar refractivity (Wildman–Crippen MR) is 96.9 cm³/mol. The maximum absolute atomic E-state index is 12.3.